The van der Waals surface area contributed by atoms with Crippen LogP contribution in [0, 0.1) is 0 Å². The van der Waals surface area contributed by atoms with Crippen LogP contribution in [-0.2, 0) is 6.18 Å². The number of carbonyl (C=O) groups excluding carboxylic acids is 2. The molecule has 2 heterocycles. The molecule has 2 saturated heterocycles. The summed E-state index contributed by atoms with van der Waals surface area (Å²) in [5, 5.41) is 3.04. The fourth-order valence-electron chi connectivity index (χ4n) is 5.14. The quantitative estimate of drug-likeness (QED) is 0.659. The number of halogens is 3. The third-order valence-electron chi connectivity index (χ3n) is 6.97. The molecule has 0 radical (unpaired) electrons. The van der Waals surface area contributed by atoms with Gasteiger partial charge in [0.2, 0.25) is 0 Å². The first-order valence-corrected chi connectivity index (χ1v) is 11.7. The lowest BCUT2D eigenvalue weighted by Crippen LogP contribution is -2.56. The van der Waals surface area contributed by atoms with Crippen LogP contribution in [0.5, 0.6) is 0 Å². The van der Waals surface area contributed by atoms with Gasteiger partial charge < -0.3 is 15.1 Å². The molecule has 0 aliphatic carbocycles. The Kier molecular flexibility index (Phi) is 6.86. The number of rotatable bonds is 3. The molecule has 0 spiro atoms. The highest BCUT2D eigenvalue weighted by Crippen LogP contribution is 2.34. The van der Waals surface area contributed by atoms with Crippen molar-refractivity contribution in [3.8, 4) is 0 Å². The molecule has 2 aromatic carbocycles. The zero-order chi connectivity index (χ0) is 24.5. The number of hydrogen-bond acceptors (Lipinski definition) is 2. The Hall–Kier alpha value is -3.03. The first kappa shape index (κ1) is 24.1. The number of likely N-dealkylation sites (tertiary alicyclic amines) is 2. The number of nitrogens with zero attached hydrogens (tertiary/aromatic N) is 2. The van der Waals surface area contributed by atoms with Crippen molar-refractivity contribution < 1.29 is 22.8 Å². The molecule has 2 aliphatic heterocycles. The highest BCUT2D eigenvalue weighted by Gasteiger charge is 2.39. The van der Waals surface area contributed by atoms with Crippen molar-refractivity contribution in [2.24, 2.45) is 0 Å². The lowest BCUT2D eigenvalue weighted by molar-refractivity contribution is -0.137. The van der Waals surface area contributed by atoms with Crippen LogP contribution in [0.25, 0.3) is 0 Å². The molecule has 3 unspecified atom stereocenters. The molecule has 34 heavy (non-hydrogen) atoms. The Morgan fingerprint density at radius 1 is 0.912 bits per heavy atom. The van der Waals surface area contributed by atoms with Crippen molar-refractivity contribution in [2.75, 3.05) is 13.1 Å². The normalized spacial score (nSPS) is 25.3. The third kappa shape index (κ3) is 5.21. The van der Waals surface area contributed by atoms with Gasteiger partial charge in [0.05, 0.1) is 5.56 Å². The van der Waals surface area contributed by atoms with Crippen molar-refractivity contribution in [2.45, 2.75) is 63.3 Å². The highest BCUT2D eigenvalue weighted by molar-refractivity contribution is 5.94. The van der Waals surface area contributed by atoms with Crippen molar-refractivity contribution >= 4 is 11.9 Å². The van der Waals surface area contributed by atoms with Gasteiger partial charge in [0, 0.05) is 42.7 Å². The molecule has 4 rings (SSSR count). The van der Waals surface area contributed by atoms with Crippen LogP contribution >= 0.6 is 0 Å². The first-order valence-electron chi connectivity index (χ1n) is 11.7. The molecule has 0 bridgehead atoms. The van der Waals surface area contributed by atoms with Gasteiger partial charge in [-0.2, -0.15) is 13.2 Å². The van der Waals surface area contributed by atoms with Gasteiger partial charge in [-0.1, -0.05) is 30.3 Å². The van der Waals surface area contributed by atoms with Crippen LogP contribution in [0.4, 0.5) is 18.0 Å². The number of benzene rings is 2. The van der Waals surface area contributed by atoms with E-state index in [-0.39, 0.29) is 36.0 Å². The van der Waals surface area contributed by atoms with Crippen molar-refractivity contribution in [3.63, 3.8) is 0 Å². The van der Waals surface area contributed by atoms with E-state index in [4.69, 9.17) is 0 Å². The number of carbonyl (C=O) groups is 2. The first-order chi connectivity index (χ1) is 16.1. The summed E-state index contributed by atoms with van der Waals surface area (Å²) in [5.74, 6) is -0.414. The molecular weight excluding hydrogens is 443 g/mol. The van der Waals surface area contributed by atoms with Crippen LogP contribution in [0.1, 0.15) is 60.5 Å². The van der Waals surface area contributed by atoms with Gasteiger partial charge in [0.1, 0.15) is 0 Å². The third-order valence-corrected chi connectivity index (χ3v) is 6.97. The SMILES string of the molecule is CC1CC[C@@H](C)N1C(=O)N1CC(NC(=O)c2ccccc2)CC(c2ccc(C(F)(F)F)cc2)C1. The summed E-state index contributed by atoms with van der Waals surface area (Å²) in [6, 6.07) is 13.9. The topological polar surface area (TPSA) is 52.7 Å². The molecule has 182 valence electrons. The molecule has 2 aliphatic rings. The van der Waals surface area contributed by atoms with Crippen LogP contribution in [0.3, 0.4) is 0 Å². The monoisotopic (exact) mass is 473 g/mol. The second kappa shape index (κ2) is 9.68. The predicted octanol–water partition coefficient (Wildman–Crippen LogP) is 5.29. The summed E-state index contributed by atoms with van der Waals surface area (Å²) in [7, 11) is 0. The lowest BCUT2D eigenvalue weighted by Gasteiger charge is -2.41. The van der Waals surface area contributed by atoms with Gasteiger partial charge >= 0.3 is 12.2 Å². The van der Waals surface area contributed by atoms with E-state index in [9.17, 15) is 22.8 Å². The maximum Gasteiger partial charge on any atom is 0.416 e. The average molecular weight is 474 g/mol. The van der Waals surface area contributed by atoms with Crippen molar-refractivity contribution in [1.29, 1.82) is 0 Å². The second-order valence-corrected chi connectivity index (χ2v) is 9.46. The lowest BCUT2D eigenvalue weighted by atomic mass is 9.87. The fraction of sp³-hybridized carbons (Fsp3) is 0.462. The van der Waals surface area contributed by atoms with Gasteiger partial charge in [-0.05, 0) is 62.9 Å². The molecule has 8 heteroatoms. The summed E-state index contributed by atoms with van der Waals surface area (Å²) in [6.07, 6.45) is -1.98. The molecule has 5 nitrogen and oxygen atoms in total. The Labute approximate surface area is 197 Å². The second-order valence-electron chi connectivity index (χ2n) is 9.46. The van der Waals surface area contributed by atoms with Gasteiger partial charge in [-0.3, -0.25) is 4.79 Å². The summed E-state index contributed by atoms with van der Waals surface area (Å²) in [5.41, 5.74) is 0.555. The number of nitrogens with one attached hydrogen (secondary N) is 1. The van der Waals surface area contributed by atoms with Gasteiger partial charge in [-0.25, -0.2) is 4.79 Å². The summed E-state index contributed by atoms with van der Waals surface area (Å²) in [4.78, 5) is 29.9. The Morgan fingerprint density at radius 2 is 1.53 bits per heavy atom. The number of hydrogen-bond donors (Lipinski definition) is 1. The van der Waals surface area contributed by atoms with E-state index < -0.39 is 11.7 Å². The van der Waals surface area contributed by atoms with Crippen LogP contribution < -0.4 is 5.32 Å². The average Bonchev–Trinajstić information content (AvgIpc) is 3.16. The van der Waals surface area contributed by atoms with Crippen LogP contribution in [-0.4, -0.2) is 53.0 Å². The maximum atomic E-state index is 13.5. The Balaban J connectivity index is 1.57. The molecule has 0 aromatic heterocycles. The minimum atomic E-state index is -4.40. The summed E-state index contributed by atoms with van der Waals surface area (Å²) >= 11 is 0. The molecular formula is C26H30F3N3O2. The Bertz CT molecular complexity index is 1000. The number of piperidine rings is 1. The molecule has 4 atom stereocenters. The smallest absolute Gasteiger partial charge is 0.347 e. The zero-order valence-corrected chi connectivity index (χ0v) is 19.4. The van der Waals surface area contributed by atoms with E-state index in [1.54, 1.807) is 29.2 Å². The number of amides is 3. The van der Waals surface area contributed by atoms with Crippen LogP contribution in [0.2, 0.25) is 0 Å². The minimum absolute atomic E-state index is 0.0759. The number of alkyl halides is 3. The standard InChI is InChI=1S/C26H30F3N3O2/c1-17-8-9-18(2)32(17)25(34)31-15-21(19-10-12-22(13-11-19)26(27,28)29)14-23(16-31)30-24(33)20-6-4-3-5-7-20/h3-7,10-13,17-18,21,23H,8-9,14-16H2,1-2H3,(H,30,33)/t17-,18?,21?,23?/m1/s1. The molecule has 3 amide bonds. The molecule has 2 fully saturated rings. The van der Waals surface area contributed by atoms with Crippen molar-refractivity contribution in [3.05, 3.63) is 71.3 Å². The fourth-order valence-corrected chi connectivity index (χ4v) is 5.14. The largest absolute Gasteiger partial charge is 0.416 e. The molecule has 2 aromatic rings. The van der Waals surface area contributed by atoms with E-state index in [1.165, 1.54) is 12.1 Å². The summed E-state index contributed by atoms with van der Waals surface area (Å²) < 4.78 is 39.1. The van der Waals surface area contributed by atoms with E-state index in [2.05, 4.69) is 5.32 Å². The molecule has 1 N–H and O–H groups in total. The predicted molar refractivity (Wildman–Crippen MR) is 123 cm³/mol. The zero-order valence-electron chi connectivity index (χ0n) is 19.4. The Morgan fingerprint density at radius 3 is 2.12 bits per heavy atom. The van der Waals surface area contributed by atoms with E-state index in [0.717, 1.165) is 30.5 Å². The minimum Gasteiger partial charge on any atom is -0.347 e. The van der Waals surface area contributed by atoms with Crippen molar-refractivity contribution in [1.82, 2.24) is 15.1 Å². The van der Waals surface area contributed by atoms with E-state index in [1.807, 2.05) is 24.8 Å². The number of urea groups is 1. The maximum absolute atomic E-state index is 13.5. The van der Waals surface area contributed by atoms with E-state index >= 15 is 0 Å². The summed E-state index contributed by atoms with van der Waals surface area (Å²) in [6.45, 7) is 4.84. The van der Waals surface area contributed by atoms with Gasteiger partial charge in [-0.15, -0.1) is 0 Å². The highest BCUT2D eigenvalue weighted by atomic mass is 19.4. The van der Waals surface area contributed by atoms with Gasteiger partial charge in [0.15, 0.2) is 0 Å². The van der Waals surface area contributed by atoms with Crippen LogP contribution in [0.15, 0.2) is 54.6 Å². The van der Waals surface area contributed by atoms with E-state index in [0.29, 0.717) is 25.1 Å². The van der Waals surface area contributed by atoms with Gasteiger partial charge in [0.25, 0.3) is 5.91 Å². The molecule has 0 saturated carbocycles.